The Kier molecular flexibility index (Phi) is 7.29. The van der Waals surface area contributed by atoms with Crippen LogP contribution in [0.25, 0.3) is 0 Å². The molecule has 1 rings (SSSR count). The van der Waals surface area contributed by atoms with Crippen molar-refractivity contribution in [3.05, 3.63) is 34.7 Å². The van der Waals surface area contributed by atoms with E-state index in [9.17, 15) is 4.79 Å². The van der Waals surface area contributed by atoms with Crippen LogP contribution in [0, 0.1) is 0 Å². The molecule has 0 aliphatic heterocycles. The zero-order valence-electron chi connectivity index (χ0n) is 10.1. The van der Waals surface area contributed by atoms with Crippen molar-refractivity contribution < 1.29 is 14.2 Å². The Balaban J connectivity index is 2.01. The van der Waals surface area contributed by atoms with E-state index in [4.69, 9.17) is 14.2 Å². The fourth-order valence-corrected chi connectivity index (χ4v) is 1.27. The summed E-state index contributed by atoms with van der Waals surface area (Å²) in [4.78, 5) is 11.3. The highest BCUT2D eigenvalue weighted by Gasteiger charge is 1.94. The molecular weight excluding hydrogens is 222 g/mol. The van der Waals surface area contributed by atoms with Gasteiger partial charge in [-0.25, -0.2) is 0 Å². The third kappa shape index (κ3) is 6.21. The van der Waals surface area contributed by atoms with E-state index in [0.717, 1.165) is 0 Å². The Hall–Kier alpha value is -1.17. The monoisotopic (exact) mass is 241 g/mol. The Morgan fingerprint density at radius 2 is 1.76 bits per heavy atom. The third-order valence-corrected chi connectivity index (χ3v) is 2.18. The second-order valence-corrected chi connectivity index (χ2v) is 3.45. The molecule has 0 saturated carbocycles. The van der Waals surface area contributed by atoms with Gasteiger partial charge in [-0.05, 0) is 6.07 Å². The molecule has 1 heterocycles. The second kappa shape index (κ2) is 8.92. The second-order valence-electron chi connectivity index (χ2n) is 3.45. The van der Waals surface area contributed by atoms with E-state index in [1.165, 1.54) is 6.07 Å². The number of nitrogens with zero attached hydrogens (tertiary/aromatic N) is 1. The molecule has 0 saturated heterocycles. The first kappa shape index (κ1) is 13.9. The zero-order valence-corrected chi connectivity index (χ0v) is 10.1. The molecule has 0 N–H and O–H groups in total. The van der Waals surface area contributed by atoms with E-state index >= 15 is 0 Å². The summed E-state index contributed by atoms with van der Waals surface area (Å²) in [6.07, 6.45) is 1.75. The predicted octanol–water partition coefficient (Wildman–Crippen LogP) is 0.528. The number of hydrogen-bond acceptors (Lipinski definition) is 4. The molecule has 0 spiro atoms. The molecular formula is C12H19NO4. The first-order valence-corrected chi connectivity index (χ1v) is 5.64. The number of rotatable bonds is 9. The van der Waals surface area contributed by atoms with Crippen molar-refractivity contribution in [2.45, 2.75) is 6.54 Å². The summed E-state index contributed by atoms with van der Waals surface area (Å²) in [7, 11) is 1.64. The summed E-state index contributed by atoms with van der Waals surface area (Å²) in [6.45, 7) is 3.34. The van der Waals surface area contributed by atoms with Crippen molar-refractivity contribution in [2.75, 3.05) is 40.1 Å². The maximum Gasteiger partial charge on any atom is 0.250 e. The lowest BCUT2D eigenvalue weighted by Gasteiger charge is -2.07. The molecule has 1 aromatic heterocycles. The largest absolute Gasteiger partial charge is 0.382 e. The van der Waals surface area contributed by atoms with Gasteiger partial charge in [0, 0.05) is 25.9 Å². The topological polar surface area (TPSA) is 49.7 Å². The van der Waals surface area contributed by atoms with Crippen LogP contribution >= 0.6 is 0 Å². The normalized spacial score (nSPS) is 10.6. The van der Waals surface area contributed by atoms with Gasteiger partial charge >= 0.3 is 0 Å². The summed E-state index contributed by atoms with van der Waals surface area (Å²) < 4.78 is 17.0. The molecule has 0 atom stereocenters. The number of pyridine rings is 1. The van der Waals surface area contributed by atoms with Crippen LogP contribution in [0.5, 0.6) is 0 Å². The zero-order chi connectivity index (χ0) is 12.3. The van der Waals surface area contributed by atoms with E-state index in [-0.39, 0.29) is 5.56 Å². The van der Waals surface area contributed by atoms with Crippen molar-refractivity contribution in [1.82, 2.24) is 4.57 Å². The minimum atomic E-state index is -0.00700. The molecule has 0 aliphatic rings. The van der Waals surface area contributed by atoms with E-state index < -0.39 is 0 Å². The number of methoxy groups -OCH3 is 1. The van der Waals surface area contributed by atoms with Crippen LogP contribution in [-0.4, -0.2) is 44.7 Å². The molecule has 0 fully saturated rings. The van der Waals surface area contributed by atoms with Gasteiger partial charge in [0.2, 0.25) is 0 Å². The lowest BCUT2D eigenvalue weighted by molar-refractivity contribution is 0.0229. The van der Waals surface area contributed by atoms with Gasteiger partial charge in [-0.2, -0.15) is 0 Å². The molecule has 17 heavy (non-hydrogen) atoms. The van der Waals surface area contributed by atoms with Crippen molar-refractivity contribution in [3.8, 4) is 0 Å². The highest BCUT2D eigenvalue weighted by molar-refractivity contribution is 4.92. The first-order chi connectivity index (χ1) is 8.34. The number of hydrogen-bond donors (Lipinski definition) is 0. The van der Waals surface area contributed by atoms with Crippen molar-refractivity contribution in [3.63, 3.8) is 0 Å². The molecule has 96 valence electrons. The van der Waals surface area contributed by atoms with Crippen LogP contribution in [0.3, 0.4) is 0 Å². The highest BCUT2D eigenvalue weighted by Crippen LogP contribution is 1.85. The molecule has 0 amide bonds. The highest BCUT2D eigenvalue weighted by atomic mass is 16.5. The predicted molar refractivity (Wildman–Crippen MR) is 64.2 cm³/mol. The fraction of sp³-hybridized carbons (Fsp3) is 0.583. The van der Waals surface area contributed by atoms with Gasteiger partial charge in [0.1, 0.15) is 0 Å². The Labute approximate surface area is 101 Å². The Morgan fingerprint density at radius 1 is 1.06 bits per heavy atom. The molecule has 0 radical (unpaired) electrons. The van der Waals surface area contributed by atoms with Gasteiger partial charge in [0.15, 0.2) is 0 Å². The molecule has 1 aromatic rings. The molecule has 0 unspecified atom stereocenters. The van der Waals surface area contributed by atoms with Gasteiger partial charge in [-0.3, -0.25) is 4.79 Å². The number of ether oxygens (including phenoxy) is 3. The van der Waals surface area contributed by atoms with E-state index in [2.05, 4.69) is 0 Å². The summed E-state index contributed by atoms with van der Waals surface area (Å²) in [5, 5.41) is 0. The number of aromatic nitrogens is 1. The van der Waals surface area contributed by atoms with Gasteiger partial charge in [0.25, 0.3) is 5.56 Å². The Bertz CT molecular complexity index is 350. The van der Waals surface area contributed by atoms with Crippen molar-refractivity contribution in [2.24, 2.45) is 0 Å². The van der Waals surface area contributed by atoms with Crippen LogP contribution in [0.2, 0.25) is 0 Å². The third-order valence-electron chi connectivity index (χ3n) is 2.18. The van der Waals surface area contributed by atoms with Gasteiger partial charge in [0.05, 0.1) is 33.0 Å². The maximum absolute atomic E-state index is 11.3. The average Bonchev–Trinajstić information content (AvgIpc) is 2.35. The molecule has 0 aromatic carbocycles. The minimum Gasteiger partial charge on any atom is -0.382 e. The quantitative estimate of drug-likeness (QED) is 0.592. The fourth-order valence-electron chi connectivity index (χ4n) is 1.27. The summed E-state index contributed by atoms with van der Waals surface area (Å²) in [5.74, 6) is 0. The van der Waals surface area contributed by atoms with E-state index in [1.807, 2.05) is 6.07 Å². The van der Waals surface area contributed by atoms with Crippen LogP contribution in [-0.2, 0) is 20.8 Å². The van der Waals surface area contributed by atoms with E-state index in [1.54, 1.807) is 23.9 Å². The summed E-state index contributed by atoms with van der Waals surface area (Å²) in [6, 6.07) is 5.09. The van der Waals surface area contributed by atoms with Crippen LogP contribution in [0.1, 0.15) is 0 Å². The average molecular weight is 241 g/mol. The smallest absolute Gasteiger partial charge is 0.250 e. The standard InChI is InChI=1S/C12H19NO4/c1-15-8-9-17-11-10-16-7-6-13-5-3-2-4-12(13)14/h2-5H,6-11H2,1H3. The molecule has 5 nitrogen and oxygen atoms in total. The minimum absolute atomic E-state index is 0.00700. The van der Waals surface area contributed by atoms with Crippen LogP contribution < -0.4 is 5.56 Å². The maximum atomic E-state index is 11.3. The van der Waals surface area contributed by atoms with Crippen LogP contribution in [0.15, 0.2) is 29.2 Å². The summed E-state index contributed by atoms with van der Waals surface area (Å²) >= 11 is 0. The van der Waals surface area contributed by atoms with Crippen LogP contribution in [0.4, 0.5) is 0 Å². The van der Waals surface area contributed by atoms with Gasteiger partial charge < -0.3 is 18.8 Å². The lowest BCUT2D eigenvalue weighted by atomic mass is 10.5. The van der Waals surface area contributed by atoms with E-state index in [0.29, 0.717) is 39.6 Å². The molecule has 5 heteroatoms. The molecule has 0 aliphatic carbocycles. The van der Waals surface area contributed by atoms with Gasteiger partial charge in [-0.1, -0.05) is 6.07 Å². The molecule has 0 bridgehead atoms. The van der Waals surface area contributed by atoms with Crippen molar-refractivity contribution >= 4 is 0 Å². The lowest BCUT2D eigenvalue weighted by Crippen LogP contribution is -2.21. The first-order valence-electron chi connectivity index (χ1n) is 5.64. The Morgan fingerprint density at radius 3 is 2.47 bits per heavy atom. The van der Waals surface area contributed by atoms with Crippen molar-refractivity contribution in [1.29, 1.82) is 0 Å². The van der Waals surface area contributed by atoms with Gasteiger partial charge in [-0.15, -0.1) is 0 Å². The SMILES string of the molecule is COCCOCCOCCn1ccccc1=O. The summed E-state index contributed by atoms with van der Waals surface area (Å²) in [5.41, 5.74) is -0.00700.